The molecule has 0 aromatic rings. The van der Waals surface area contributed by atoms with E-state index in [4.69, 9.17) is 0 Å². The molecule has 0 fully saturated rings. The van der Waals surface area contributed by atoms with Gasteiger partial charge in [0.15, 0.2) is 11.0 Å². The number of azo groups is 1. The number of hydrogen-bond donors (Lipinski definition) is 3. The molecule has 0 amide bonds. The number of nitrogens with one attached hydrogen (secondary N) is 1. The molecule has 0 aromatic heterocycles. The predicted molar refractivity (Wildman–Crippen MR) is 33.5 cm³/mol. The molecular weight excluding hydrogens is 130 g/mol. The molecule has 7 heavy (non-hydrogen) atoms. The fourth-order valence-corrected chi connectivity index (χ4v) is 0.846. The lowest BCUT2D eigenvalue weighted by Crippen LogP contribution is -2.21. The van der Waals surface area contributed by atoms with Crippen LogP contribution in [0.15, 0.2) is 10.2 Å². The van der Waals surface area contributed by atoms with Crippen molar-refractivity contribution >= 4 is 25.3 Å². The Morgan fingerprint density at radius 3 is 1.71 bits per heavy atom. The van der Waals surface area contributed by atoms with E-state index >= 15 is 0 Å². The standard InChI is InChI=1S/C2H5N3S2/c6-1-3-2(7)5-4-1/h1-3,6-7H. The summed E-state index contributed by atoms with van der Waals surface area (Å²) in [7, 11) is 0. The SMILES string of the molecule is SC1N=NC(S)N1. The Hall–Kier alpha value is 0.260. The first kappa shape index (κ1) is 5.40. The van der Waals surface area contributed by atoms with E-state index < -0.39 is 0 Å². The highest BCUT2D eigenvalue weighted by Crippen LogP contribution is 2.07. The number of nitrogens with zero attached hydrogens (tertiary/aromatic N) is 2. The van der Waals surface area contributed by atoms with E-state index in [2.05, 4.69) is 40.8 Å². The van der Waals surface area contributed by atoms with E-state index in [9.17, 15) is 0 Å². The zero-order valence-corrected chi connectivity index (χ0v) is 5.23. The molecule has 1 heterocycles. The van der Waals surface area contributed by atoms with Crippen molar-refractivity contribution in [1.29, 1.82) is 0 Å². The summed E-state index contributed by atoms with van der Waals surface area (Å²) in [5.74, 6) is 0. The van der Waals surface area contributed by atoms with Crippen molar-refractivity contribution in [2.24, 2.45) is 10.2 Å². The van der Waals surface area contributed by atoms with Gasteiger partial charge in [0.2, 0.25) is 0 Å². The highest BCUT2D eigenvalue weighted by atomic mass is 32.1. The van der Waals surface area contributed by atoms with Gasteiger partial charge in [-0.15, -0.1) is 25.3 Å². The Bertz CT molecular complexity index is 82.9. The summed E-state index contributed by atoms with van der Waals surface area (Å²) in [4.78, 5) is 0. The fourth-order valence-electron chi connectivity index (χ4n) is 0.326. The third kappa shape index (κ3) is 1.32. The van der Waals surface area contributed by atoms with Crippen LogP contribution in [0.25, 0.3) is 0 Å². The maximum Gasteiger partial charge on any atom is 0.167 e. The van der Waals surface area contributed by atoms with Crippen molar-refractivity contribution in [3.05, 3.63) is 0 Å². The summed E-state index contributed by atoms with van der Waals surface area (Å²) in [6.07, 6.45) is 0. The molecule has 0 bridgehead atoms. The topological polar surface area (TPSA) is 36.8 Å². The molecular formula is C2H5N3S2. The number of hydrogen-bond acceptors (Lipinski definition) is 5. The quantitative estimate of drug-likeness (QED) is 0.415. The minimum atomic E-state index is -0.150. The highest BCUT2D eigenvalue weighted by molar-refractivity contribution is 7.81. The van der Waals surface area contributed by atoms with Crippen molar-refractivity contribution in [3.63, 3.8) is 0 Å². The smallest absolute Gasteiger partial charge is 0.167 e. The van der Waals surface area contributed by atoms with Gasteiger partial charge in [0, 0.05) is 0 Å². The Balaban J connectivity index is 2.42. The molecule has 1 rings (SSSR count). The minimum absolute atomic E-state index is 0.150. The van der Waals surface area contributed by atoms with Crippen molar-refractivity contribution in [2.45, 2.75) is 11.0 Å². The Labute approximate surface area is 52.4 Å². The van der Waals surface area contributed by atoms with Crippen LogP contribution in [-0.4, -0.2) is 11.0 Å². The monoisotopic (exact) mass is 135 g/mol. The molecule has 3 nitrogen and oxygen atoms in total. The molecule has 1 N–H and O–H groups in total. The van der Waals surface area contributed by atoms with Crippen LogP contribution in [-0.2, 0) is 0 Å². The van der Waals surface area contributed by atoms with Gasteiger partial charge in [0.05, 0.1) is 0 Å². The molecule has 0 radical (unpaired) electrons. The third-order valence-electron chi connectivity index (χ3n) is 0.584. The molecule has 0 aliphatic carbocycles. The fraction of sp³-hybridized carbons (Fsp3) is 1.00. The predicted octanol–water partition coefficient (Wildman–Crippen LogP) is 0.469. The van der Waals surface area contributed by atoms with Gasteiger partial charge in [0.1, 0.15) is 0 Å². The van der Waals surface area contributed by atoms with Gasteiger partial charge in [0.25, 0.3) is 0 Å². The van der Waals surface area contributed by atoms with E-state index in [-0.39, 0.29) is 11.0 Å². The van der Waals surface area contributed by atoms with Gasteiger partial charge in [-0.1, -0.05) is 0 Å². The molecule has 2 unspecified atom stereocenters. The van der Waals surface area contributed by atoms with E-state index in [1.165, 1.54) is 0 Å². The van der Waals surface area contributed by atoms with Gasteiger partial charge >= 0.3 is 0 Å². The molecule has 0 aromatic carbocycles. The number of rotatable bonds is 0. The summed E-state index contributed by atoms with van der Waals surface area (Å²) in [5, 5.41) is 10.0. The van der Waals surface area contributed by atoms with Gasteiger partial charge < -0.3 is 0 Å². The van der Waals surface area contributed by atoms with Crippen LogP contribution in [0.4, 0.5) is 0 Å². The van der Waals surface area contributed by atoms with Crippen LogP contribution in [0.3, 0.4) is 0 Å². The second-order valence-electron chi connectivity index (χ2n) is 1.14. The van der Waals surface area contributed by atoms with Gasteiger partial charge in [-0.05, 0) is 0 Å². The second-order valence-corrected chi connectivity index (χ2v) is 2.12. The van der Waals surface area contributed by atoms with E-state index in [0.29, 0.717) is 0 Å². The van der Waals surface area contributed by atoms with E-state index in [1.54, 1.807) is 0 Å². The van der Waals surface area contributed by atoms with Gasteiger partial charge in [-0.25, -0.2) is 0 Å². The van der Waals surface area contributed by atoms with Crippen molar-refractivity contribution in [1.82, 2.24) is 5.32 Å². The summed E-state index contributed by atoms with van der Waals surface area (Å²) in [6.45, 7) is 0. The Kier molecular flexibility index (Phi) is 1.56. The average Bonchev–Trinajstić information content (AvgIpc) is 1.87. The maximum absolute atomic E-state index is 3.93. The van der Waals surface area contributed by atoms with Crippen LogP contribution < -0.4 is 5.32 Å². The number of thiol groups is 2. The summed E-state index contributed by atoms with van der Waals surface area (Å²) < 4.78 is 0. The molecule has 2 atom stereocenters. The first-order valence-corrected chi connectivity index (χ1v) is 2.84. The average molecular weight is 135 g/mol. The van der Waals surface area contributed by atoms with Gasteiger partial charge in [-0.3, -0.25) is 5.32 Å². The lowest BCUT2D eigenvalue weighted by atomic mass is 11.0. The Morgan fingerprint density at radius 1 is 1.14 bits per heavy atom. The molecule has 0 saturated heterocycles. The first-order chi connectivity index (χ1) is 3.29. The van der Waals surface area contributed by atoms with Crippen molar-refractivity contribution < 1.29 is 0 Å². The summed E-state index contributed by atoms with van der Waals surface area (Å²) in [5.41, 5.74) is -0.301. The van der Waals surface area contributed by atoms with Crippen LogP contribution in [0.1, 0.15) is 0 Å². The molecule has 40 valence electrons. The molecule has 5 heteroatoms. The molecule has 1 aliphatic heterocycles. The van der Waals surface area contributed by atoms with Crippen LogP contribution in [0, 0.1) is 0 Å². The molecule has 0 saturated carbocycles. The van der Waals surface area contributed by atoms with E-state index in [1.807, 2.05) is 0 Å². The zero-order chi connectivity index (χ0) is 5.28. The molecule has 0 spiro atoms. The highest BCUT2D eigenvalue weighted by Gasteiger charge is 2.11. The maximum atomic E-state index is 3.93. The van der Waals surface area contributed by atoms with Crippen LogP contribution in [0.2, 0.25) is 0 Å². The minimum Gasteiger partial charge on any atom is -0.254 e. The molecule has 1 aliphatic rings. The van der Waals surface area contributed by atoms with Crippen molar-refractivity contribution in [3.8, 4) is 0 Å². The van der Waals surface area contributed by atoms with Crippen LogP contribution in [0.5, 0.6) is 0 Å². The van der Waals surface area contributed by atoms with Gasteiger partial charge in [-0.2, -0.15) is 10.2 Å². The second kappa shape index (κ2) is 2.02. The lowest BCUT2D eigenvalue weighted by Gasteiger charge is -1.96. The summed E-state index contributed by atoms with van der Waals surface area (Å²) >= 11 is 7.86. The summed E-state index contributed by atoms with van der Waals surface area (Å²) in [6, 6.07) is 0. The van der Waals surface area contributed by atoms with E-state index in [0.717, 1.165) is 0 Å². The largest absolute Gasteiger partial charge is 0.254 e. The first-order valence-electron chi connectivity index (χ1n) is 1.81. The Morgan fingerprint density at radius 2 is 1.57 bits per heavy atom. The lowest BCUT2D eigenvalue weighted by molar-refractivity contribution is 0.755. The van der Waals surface area contributed by atoms with Crippen LogP contribution >= 0.6 is 25.3 Å². The zero-order valence-electron chi connectivity index (χ0n) is 3.44. The third-order valence-corrected chi connectivity index (χ3v) is 1.09. The normalized spacial score (nSPS) is 39.7. The van der Waals surface area contributed by atoms with Crippen molar-refractivity contribution in [2.75, 3.05) is 0 Å².